The molecule has 4 nitrogen and oxygen atoms in total. The fourth-order valence-electron chi connectivity index (χ4n) is 1.68. The number of carboxylic acids is 1. The third-order valence-corrected chi connectivity index (χ3v) is 7.77. The second-order valence-electron chi connectivity index (χ2n) is 5.66. The minimum atomic E-state index is -1.34. The number of hydrogen-bond acceptors (Lipinski definition) is 3. The van der Waals surface area contributed by atoms with Crippen LogP contribution in [-0.4, -0.2) is 34.9 Å². The van der Waals surface area contributed by atoms with Crippen LogP contribution in [0.25, 0.3) is 0 Å². The van der Waals surface area contributed by atoms with Crippen LogP contribution >= 0.6 is 10.3 Å². The van der Waals surface area contributed by atoms with Gasteiger partial charge in [0.2, 0.25) is 0 Å². The average molecular weight is 300 g/mol. The van der Waals surface area contributed by atoms with Crippen LogP contribution in [0, 0.1) is 0 Å². The van der Waals surface area contributed by atoms with Gasteiger partial charge in [-0.3, -0.25) is 0 Å². The fourth-order valence-corrected chi connectivity index (χ4v) is 3.45. The van der Waals surface area contributed by atoms with Gasteiger partial charge >= 0.3 is 5.97 Å². The maximum Gasteiger partial charge on any atom is 0.335 e. The summed E-state index contributed by atoms with van der Waals surface area (Å²) in [6.45, 7) is 8.58. The molecule has 0 radical (unpaired) electrons. The van der Waals surface area contributed by atoms with Crippen molar-refractivity contribution >= 4 is 16.3 Å². The highest BCUT2D eigenvalue weighted by Gasteiger charge is 2.33. The van der Waals surface area contributed by atoms with Gasteiger partial charge in [0.15, 0.2) is 11.5 Å². The third-order valence-electron chi connectivity index (χ3n) is 3.53. The van der Waals surface area contributed by atoms with Crippen molar-refractivity contribution in [2.24, 2.45) is 0 Å². The molecule has 1 rings (SSSR count). The number of ether oxygens (including phenoxy) is 1. The Morgan fingerprint density at radius 1 is 1.30 bits per heavy atom. The Labute approximate surface area is 122 Å². The monoisotopic (exact) mass is 300 g/mol. The number of methoxy groups -OCH3 is 1. The zero-order valence-electron chi connectivity index (χ0n) is 13.0. The Kier molecular flexibility index (Phi) is 4.97. The lowest BCUT2D eigenvalue weighted by molar-refractivity contribution is 0.0696. The van der Waals surface area contributed by atoms with Crippen LogP contribution in [0.2, 0.25) is 0 Å². The molecule has 1 atom stereocenters. The number of hydrogen-bond donors (Lipinski definition) is 1. The van der Waals surface area contributed by atoms with Crippen molar-refractivity contribution in [2.45, 2.75) is 32.4 Å². The van der Waals surface area contributed by atoms with E-state index in [9.17, 15) is 4.79 Å². The minimum Gasteiger partial charge on any atom is -0.493 e. The van der Waals surface area contributed by atoms with E-state index in [1.54, 1.807) is 12.1 Å². The molecule has 5 heteroatoms. The summed E-state index contributed by atoms with van der Waals surface area (Å²) in [5, 5.41) is 9.01. The number of carboxylic acid groups (broad SMARTS) is 1. The molecule has 0 aliphatic carbocycles. The van der Waals surface area contributed by atoms with Crippen molar-refractivity contribution in [2.75, 3.05) is 19.1 Å². The first-order valence-corrected chi connectivity index (χ1v) is 8.64. The predicted molar refractivity (Wildman–Crippen MR) is 84.4 cm³/mol. The molecule has 114 valence electrons. The molecule has 0 aliphatic rings. The highest BCUT2D eigenvalue weighted by atomic mass is 32.3. The smallest absolute Gasteiger partial charge is 0.335 e. The van der Waals surface area contributed by atoms with Crippen molar-refractivity contribution < 1.29 is 18.8 Å². The van der Waals surface area contributed by atoms with Crippen LogP contribution in [0.5, 0.6) is 11.5 Å². The van der Waals surface area contributed by atoms with Crippen LogP contribution in [-0.2, 0) is 0 Å². The molecule has 0 heterocycles. The van der Waals surface area contributed by atoms with E-state index >= 15 is 0 Å². The maximum absolute atomic E-state index is 11.0. The quantitative estimate of drug-likeness (QED) is 0.895. The summed E-state index contributed by atoms with van der Waals surface area (Å²) >= 11 is 0. The Morgan fingerprint density at radius 3 is 2.30 bits per heavy atom. The van der Waals surface area contributed by atoms with Crippen LogP contribution in [0.3, 0.4) is 0 Å². The lowest BCUT2D eigenvalue weighted by atomic mass is 10.2. The van der Waals surface area contributed by atoms with E-state index in [0.717, 1.165) is 5.75 Å². The minimum absolute atomic E-state index is 0.0260. The third kappa shape index (κ3) is 3.39. The molecule has 0 amide bonds. The molecule has 0 spiro atoms. The summed E-state index contributed by atoms with van der Waals surface area (Å²) in [5.74, 6) is 1.00. The van der Waals surface area contributed by atoms with Gasteiger partial charge < -0.3 is 14.0 Å². The zero-order chi connectivity index (χ0) is 15.6. The Morgan fingerprint density at radius 2 is 1.90 bits per heavy atom. The van der Waals surface area contributed by atoms with Gasteiger partial charge in [0.1, 0.15) is 0 Å². The predicted octanol–water partition coefficient (Wildman–Crippen LogP) is 3.94. The van der Waals surface area contributed by atoms with Crippen molar-refractivity contribution in [3.05, 3.63) is 23.8 Å². The molecule has 1 N–H and O–H groups in total. The zero-order valence-corrected chi connectivity index (χ0v) is 13.8. The van der Waals surface area contributed by atoms with Gasteiger partial charge in [-0.2, -0.15) is 0 Å². The van der Waals surface area contributed by atoms with Crippen LogP contribution in [0.15, 0.2) is 18.2 Å². The highest BCUT2D eigenvalue weighted by molar-refractivity contribution is 8.30. The molecule has 0 bridgehead atoms. The molecule has 20 heavy (non-hydrogen) atoms. The number of carbonyl (C=O) groups is 1. The average Bonchev–Trinajstić information content (AvgIpc) is 2.37. The molecule has 0 fully saturated rings. The van der Waals surface area contributed by atoms with E-state index in [0.29, 0.717) is 11.5 Å². The first-order valence-electron chi connectivity index (χ1n) is 6.51. The van der Waals surface area contributed by atoms with Gasteiger partial charge in [-0.25, -0.2) is 4.79 Å². The van der Waals surface area contributed by atoms with Crippen LogP contribution in [0.1, 0.15) is 38.1 Å². The number of aromatic carboxylic acids is 1. The summed E-state index contributed by atoms with van der Waals surface area (Å²) in [5.41, 5.74) is 0.193. The van der Waals surface area contributed by atoms with E-state index in [1.807, 2.05) is 0 Å². The summed E-state index contributed by atoms with van der Waals surface area (Å²) in [7, 11) is 0.178. The lowest BCUT2D eigenvalue weighted by Gasteiger charge is -2.46. The second kappa shape index (κ2) is 5.95. The standard InChI is InChI=1S/C15H24O4S/c1-7-20(6,15(2,3)4)19-12-9-8-11(14(16)17)10-13(12)18-5/h8-10H,7H2,1-6H3,(H,16,17). The number of rotatable bonds is 5. The molecule has 0 aliphatic heterocycles. The van der Waals surface area contributed by atoms with E-state index in [2.05, 4.69) is 34.0 Å². The molecule has 0 saturated heterocycles. The van der Waals surface area contributed by atoms with E-state index in [4.69, 9.17) is 14.0 Å². The highest BCUT2D eigenvalue weighted by Crippen LogP contribution is 2.57. The Balaban J connectivity index is 3.17. The van der Waals surface area contributed by atoms with Gasteiger partial charge in [0.25, 0.3) is 0 Å². The Bertz CT molecular complexity index is 493. The van der Waals surface area contributed by atoms with Crippen LogP contribution < -0.4 is 8.92 Å². The van der Waals surface area contributed by atoms with Gasteiger partial charge in [0.05, 0.1) is 12.7 Å². The molecule has 1 unspecified atom stereocenters. The molecular formula is C15H24O4S. The Hall–Kier alpha value is -1.36. The second-order valence-corrected chi connectivity index (χ2v) is 9.64. The molecular weight excluding hydrogens is 276 g/mol. The topological polar surface area (TPSA) is 55.8 Å². The maximum atomic E-state index is 11.0. The van der Waals surface area contributed by atoms with Gasteiger partial charge in [0, 0.05) is 10.5 Å². The van der Waals surface area contributed by atoms with Crippen molar-refractivity contribution in [3.63, 3.8) is 0 Å². The van der Waals surface area contributed by atoms with Crippen molar-refractivity contribution in [1.82, 2.24) is 0 Å². The fraction of sp³-hybridized carbons (Fsp3) is 0.533. The first kappa shape index (κ1) is 16.7. The van der Waals surface area contributed by atoms with Gasteiger partial charge in [-0.15, -0.1) is 0 Å². The summed E-state index contributed by atoms with van der Waals surface area (Å²) in [6, 6.07) is 4.71. The van der Waals surface area contributed by atoms with Gasteiger partial charge in [-0.05, 0) is 45.2 Å². The first-order chi connectivity index (χ1) is 9.14. The van der Waals surface area contributed by atoms with Crippen molar-refractivity contribution in [3.8, 4) is 11.5 Å². The van der Waals surface area contributed by atoms with Gasteiger partial charge in [-0.1, -0.05) is 17.2 Å². The van der Waals surface area contributed by atoms with E-state index < -0.39 is 16.3 Å². The summed E-state index contributed by atoms with van der Waals surface area (Å²) in [4.78, 5) is 11.0. The summed E-state index contributed by atoms with van der Waals surface area (Å²) < 4.78 is 11.5. The normalized spacial score (nSPS) is 16.1. The van der Waals surface area contributed by atoms with E-state index in [1.165, 1.54) is 13.2 Å². The molecule has 0 aromatic heterocycles. The lowest BCUT2D eigenvalue weighted by Crippen LogP contribution is -2.29. The van der Waals surface area contributed by atoms with E-state index in [-0.39, 0.29) is 10.3 Å². The molecule has 1 aromatic carbocycles. The largest absolute Gasteiger partial charge is 0.493 e. The molecule has 1 aromatic rings. The summed E-state index contributed by atoms with van der Waals surface area (Å²) in [6.07, 6.45) is 2.14. The van der Waals surface area contributed by atoms with Crippen molar-refractivity contribution in [1.29, 1.82) is 0 Å². The SMILES string of the molecule is CCS(C)(Oc1ccc(C(=O)O)cc1OC)C(C)(C)C. The van der Waals surface area contributed by atoms with Crippen LogP contribution in [0.4, 0.5) is 0 Å². The number of benzene rings is 1. The molecule has 0 saturated carbocycles.